The first-order valence-electron chi connectivity index (χ1n) is 9.17. The molecule has 4 rings (SSSR count). The van der Waals surface area contributed by atoms with Crippen molar-refractivity contribution in [3.63, 3.8) is 0 Å². The number of hydrogen-bond acceptors (Lipinski definition) is 4. The van der Waals surface area contributed by atoms with Gasteiger partial charge in [-0.05, 0) is 38.2 Å². The molecule has 2 aliphatic rings. The van der Waals surface area contributed by atoms with Crippen LogP contribution in [-0.2, 0) is 26.6 Å². The van der Waals surface area contributed by atoms with Crippen LogP contribution in [0.1, 0.15) is 55.5 Å². The molecule has 2 aromatic rings. The van der Waals surface area contributed by atoms with Gasteiger partial charge in [-0.25, -0.2) is 4.79 Å². The molecule has 1 unspecified atom stereocenters. The number of nitrogens with one attached hydrogen (secondary N) is 1. The van der Waals surface area contributed by atoms with Crippen LogP contribution in [0, 0.1) is 0 Å². The summed E-state index contributed by atoms with van der Waals surface area (Å²) in [5.74, 6) is 2.03. The van der Waals surface area contributed by atoms with E-state index >= 15 is 0 Å². The van der Waals surface area contributed by atoms with Crippen LogP contribution in [0.25, 0.3) is 0 Å². The van der Waals surface area contributed by atoms with Gasteiger partial charge < -0.3 is 14.8 Å². The Kier molecular flexibility index (Phi) is 4.42. The first-order valence-corrected chi connectivity index (χ1v) is 9.17. The summed E-state index contributed by atoms with van der Waals surface area (Å²) in [5, 5.41) is 16.0. The highest BCUT2D eigenvalue weighted by atomic mass is 16.2. The summed E-state index contributed by atoms with van der Waals surface area (Å²) in [5.41, 5.74) is 0.988. The third kappa shape index (κ3) is 3.12. The molecule has 1 saturated heterocycles. The van der Waals surface area contributed by atoms with Gasteiger partial charge >= 0.3 is 6.03 Å². The number of likely N-dealkylation sites (tertiary alicyclic amines) is 1. The molecule has 1 atom stereocenters. The van der Waals surface area contributed by atoms with Gasteiger partial charge in [0.25, 0.3) is 0 Å². The highest BCUT2D eigenvalue weighted by Crippen LogP contribution is 2.31. The summed E-state index contributed by atoms with van der Waals surface area (Å²) in [6.07, 6.45) is 8.20. The van der Waals surface area contributed by atoms with Gasteiger partial charge in [0.1, 0.15) is 5.82 Å². The molecule has 0 saturated carbocycles. The van der Waals surface area contributed by atoms with Crippen molar-refractivity contribution in [2.24, 2.45) is 7.05 Å². The Balaban J connectivity index is 1.50. The van der Waals surface area contributed by atoms with Gasteiger partial charge in [0.15, 0.2) is 5.82 Å². The van der Waals surface area contributed by atoms with Gasteiger partial charge in [0, 0.05) is 32.8 Å². The topological polar surface area (TPSA) is 80.9 Å². The molecule has 0 aromatic carbocycles. The monoisotopic (exact) mass is 343 g/mol. The molecule has 0 spiro atoms. The highest BCUT2D eigenvalue weighted by molar-refractivity contribution is 5.74. The first kappa shape index (κ1) is 16.1. The lowest BCUT2D eigenvalue weighted by Crippen LogP contribution is -2.45. The van der Waals surface area contributed by atoms with Gasteiger partial charge in [-0.15, -0.1) is 10.2 Å². The van der Waals surface area contributed by atoms with Crippen molar-refractivity contribution in [2.45, 2.75) is 57.7 Å². The lowest BCUT2D eigenvalue weighted by molar-refractivity contribution is 0.144. The third-order valence-electron chi connectivity index (χ3n) is 5.29. The average molecular weight is 343 g/mol. The molecule has 25 heavy (non-hydrogen) atoms. The number of carbonyl (C=O) groups is 1. The number of aryl methyl sites for hydroxylation is 2. The summed E-state index contributed by atoms with van der Waals surface area (Å²) in [6.45, 7) is 2.22. The average Bonchev–Trinajstić information content (AvgIpc) is 3.25. The van der Waals surface area contributed by atoms with E-state index in [0.29, 0.717) is 6.54 Å². The van der Waals surface area contributed by atoms with Gasteiger partial charge in [0.2, 0.25) is 0 Å². The van der Waals surface area contributed by atoms with E-state index in [-0.39, 0.29) is 12.1 Å². The van der Waals surface area contributed by atoms with E-state index in [4.69, 9.17) is 0 Å². The fourth-order valence-electron chi connectivity index (χ4n) is 3.86. The summed E-state index contributed by atoms with van der Waals surface area (Å²) in [7, 11) is 1.88. The van der Waals surface area contributed by atoms with E-state index in [0.717, 1.165) is 62.5 Å². The van der Waals surface area contributed by atoms with E-state index in [1.807, 2.05) is 18.0 Å². The molecule has 1 N–H and O–H groups in total. The summed E-state index contributed by atoms with van der Waals surface area (Å²) < 4.78 is 4.02. The predicted molar refractivity (Wildman–Crippen MR) is 91.7 cm³/mol. The van der Waals surface area contributed by atoms with Crippen LogP contribution in [0.5, 0.6) is 0 Å². The number of piperidine rings is 1. The smallest absolute Gasteiger partial charge is 0.318 e. The number of aromatic nitrogens is 5. The zero-order valence-electron chi connectivity index (χ0n) is 14.7. The van der Waals surface area contributed by atoms with Gasteiger partial charge in [-0.3, -0.25) is 4.68 Å². The number of carbonyl (C=O) groups excluding carboxylic acids is 1. The third-order valence-corrected chi connectivity index (χ3v) is 5.29. The molecular weight excluding hydrogens is 318 g/mol. The largest absolute Gasteiger partial charge is 0.332 e. The lowest BCUT2D eigenvalue weighted by Gasteiger charge is -2.35. The van der Waals surface area contributed by atoms with Gasteiger partial charge in [0.05, 0.1) is 18.3 Å². The molecule has 2 aliphatic heterocycles. The first-order chi connectivity index (χ1) is 12.2. The van der Waals surface area contributed by atoms with Crippen LogP contribution in [0.15, 0.2) is 12.3 Å². The normalized spacial score (nSPS) is 20.4. The maximum atomic E-state index is 12.8. The fourth-order valence-corrected chi connectivity index (χ4v) is 3.86. The van der Waals surface area contributed by atoms with Crippen LogP contribution in [-0.4, -0.2) is 42.0 Å². The maximum Gasteiger partial charge on any atom is 0.318 e. The van der Waals surface area contributed by atoms with E-state index in [2.05, 4.69) is 25.2 Å². The van der Waals surface area contributed by atoms with Gasteiger partial charge in [-0.2, -0.15) is 5.10 Å². The molecule has 0 aliphatic carbocycles. The van der Waals surface area contributed by atoms with Crippen LogP contribution >= 0.6 is 0 Å². The summed E-state index contributed by atoms with van der Waals surface area (Å²) in [4.78, 5) is 14.7. The van der Waals surface area contributed by atoms with Gasteiger partial charge in [-0.1, -0.05) is 0 Å². The molecule has 0 bridgehead atoms. The van der Waals surface area contributed by atoms with Crippen molar-refractivity contribution >= 4 is 6.03 Å². The minimum atomic E-state index is -0.0286. The molecule has 1 fully saturated rings. The minimum absolute atomic E-state index is 0.0274. The Hall–Kier alpha value is -2.38. The number of amides is 2. The Bertz CT molecular complexity index is 750. The number of fused-ring (bicyclic) bond motifs is 1. The SMILES string of the molecule is Cn1nccc1CNC(=O)N1CCCCC1c1nnc2n1CCCC2. The zero-order chi connectivity index (χ0) is 17.2. The zero-order valence-corrected chi connectivity index (χ0v) is 14.7. The molecule has 134 valence electrons. The molecule has 8 nitrogen and oxygen atoms in total. The van der Waals surface area contributed by atoms with Crippen molar-refractivity contribution in [2.75, 3.05) is 6.54 Å². The van der Waals surface area contributed by atoms with E-state index < -0.39 is 0 Å². The Morgan fingerprint density at radius 3 is 2.96 bits per heavy atom. The quantitative estimate of drug-likeness (QED) is 0.921. The number of rotatable bonds is 3. The lowest BCUT2D eigenvalue weighted by atomic mass is 10.0. The Morgan fingerprint density at radius 2 is 2.12 bits per heavy atom. The number of nitrogens with zero attached hydrogens (tertiary/aromatic N) is 6. The molecule has 4 heterocycles. The Morgan fingerprint density at radius 1 is 1.24 bits per heavy atom. The molecule has 0 radical (unpaired) electrons. The van der Waals surface area contributed by atoms with Crippen LogP contribution in [0.4, 0.5) is 4.79 Å². The predicted octanol–water partition coefficient (Wildman–Crippen LogP) is 1.78. The number of hydrogen-bond donors (Lipinski definition) is 1. The molecule has 2 aromatic heterocycles. The van der Waals surface area contributed by atoms with Crippen molar-refractivity contribution in [3.8, 4) is 0 Å². The van der Waals surface area contributed by atoms with Crippen molar-refractivity contribution in [1.82, 2.24) is 34.8 Å². The second-order valence-corrected chi connectivity index (χ2v) is 6.89. The minimum Gasteiger partial charge on any atom is -0.332 e. The standard InChI is InChI=1S/C17H25N7O/c1-22-13(8-9-19-22)12-18-17(25)23-10-4-2-6-14(23)16-21-20-15-7-3-5-11-24(15)16/h8-9,14H,2-7,10-12H2,1H3,(H,18,25). The van der Waals surface area contributed by atoms with Crippen molar-refractivity contribution < 1.29 is 4.79 Å². The van der Waals surface area contributed by atoms with Crippen LogP contribution in [0.3, 0.4) is 0 Å². The van der Waals surface area contributed by atoms with E-state index in [1.54, 1.807) is 10.9 Å². The molecule has 2 amide bonds. The Labute approximate surface area is 147 Å². The second kappa shape index (κ2) is 6.85. The molecular formula is C17H25N7O. The highest BCUT2D eigenvalue weighted by Gasteiger charge is 2.32. The second-order valence-electron chi connectivity index (χ2n) is 6.89. The fraction of sp³-hybridized carbons (Fsp3) is 0.647. The van der Waals surface area contributed by atoms with Crippen LogP contribution in [0.2, 0.25) is 0 Å². The van der Waals surface area contributed by atoms with Crippen molar-refractivity contribution in [3.05, 3.63) is 29.6 Å². The summed E-state index contributed by atoms with van der Waals surface area (Å²) >= 11 is 0. The van der Waals surface area contributed by atoms with Crippen molar-refractivity contribution in [1.29, 1.82) is 0 Å². The van der Waals surface area contributed by atoms with E-state index in [9.17, 15) is 4.79 Å². The maximum absolute atomic E-state index is 12.8. The molecule has 8 heteroatoms. The van der Waals surface area contributed by atoms with E-state index in [1.165, 1.54) is 6.42 Å². The number of urea groups is 1. The summed E-state index contributed by atoms with van der Waals surface area (Å²) in [6, 6.07) is 1.92. The van der Waals surface area contributed by atoms with Crippen LogP contribution < -0.4 is 5.32 Å².